The molecule has 0 saturated heterocycles. The van der Waals surface area contributed by atoms with E-state index in [9.17, 15) is 0 Å². The number of nitrogens with zero attached hydrogens (tertiary/aromatic N) is 4. The number of pyridine rings is 1. The van der Waals surface area contributed by atoms with Crippen LogP contribution in [0.2, 0.25) is 0 Å². The van der Waals surface area contributed by atoms with E-state index in [-0.39, 0.29) is 32.0 Å². The minimum Gasteiger partial charge on any atom is -0.509 e. The van der Waals surface area contributed by atoms with Gasteiger partial charge in [-0.3, -0.25) is 0 Å². The van der Waals surface area contributed by atoms with Crippen LogP contribution in [0.15, 0.2) is 150 Å². The molecule has 9 aromatic rings. The molecule has 6 aromatic carbocycles. The monoisotopic (exact) mass is 950 g/mol. The number of para-hydroxylation sites is 1. The average molecular weight is 951 g/mol. The predicted octanol–water partition coefficient (Wildman–Crippen LogP) is 13.3. The van der Waals surface area contributed by atoms with Crippen LogP contribution in [0.5, 0.6) is 11.5 Å². The Hall–Kier alpha value is -6.10. The van der Waals surface area contributed by atoms with Crippen LogP contribution in [0.3, 0.4) is 0 Å². The van der Waals surface area contributed by atoms with Crippen molar-refractivity contribution < 1.29 is 30.2 Å². The summed E-state index contributed by atoms with van der Waals surface area (Å²) in [5.41, 5.74) is 9.87. The van der Waals surface area contributed by atoms with Gasteiger partial charge in [0.2, 0.25) is 0 Å². The van der Waals surface area contributed by atoms with Gasteiger partial charge in [0.1, 0.15) is 17.0 Å². The molecule has 59 heavy (non-hydrogen) atoms. The van der Waals surface area contributed by atoms with Gasteiger partial charge < -0.3 is 23.5 Å². The van der Waals surface area contributed by atoms with Gasteiger partial charge in [-0.15, -0.1) is 41.4 Å². The Morgan fingerprint density at radius 1 is 0.627 bits per heavy atom. The van der Waals surface area contributed by atoms with Crippen molar-refractivity contribution in [2.75, 3.05) is 4.90 Å². The van der Waals surface area contributed by atoms with Gasteiger partial charge in [0, 0.05) is 72.0 Å². The van der Waals surface area contributed by atoms with Crippen LogP contribution < -0.4 is 9.64 Å². The maximum Gasteiger partial charge on any atom is 0.135 e. The summed E-state index contributed by atoms with van der Waals surface area (Å²) in [6, 6.07) is 55.4. The molecule has 0 fully saturated rings. The standard InChI is InChI=1S/C52H43N4O2.Pt/c1-51(2,3)36-28-29-53-46(30-36)56-42-26-27-45-48(41-22-13-14-23-44(41)58-45)47(42)40-25-24-39(32-43(40)56)57-38-21-15-20-37(31-38)54-33-55(52(4,5)6)50(35-18-11-8-12-19-35)49(54)34-16-9-7-10-17-34;/h7-30,33H,1-6H3;/q-3;. The summed E-state index contributed by atoms with van der Waals surface area (Å²) in [4.78, 5) is 9.52. The van der Waals surface area contributed by atoms with Crippen LogP contribution in [0.25, 0.3) is 61.0 Å². The number of hydrogen-bond donors (Lipinski definition) is 0. The third-order valence-corrected chi connectivity index (χ3v) is 11.0. The molecule has 3 aromatic heterocycles. The first-order valence-electron chi connectivity index (χ1n) is 19.8. The van der Waals surface area contributed by atoms with E-state index in [0.29, 0.717) is 11.5 Å². The molecule has 4 heterocycles. The molecule has 7 heteroatoms. The Kier molecular flexibility index (Phi) is 9.52. The molecular weight excluding hydrogens is 908 g/mol. The fourth-order valence-corrected chi connectivity index (χ4v) is 8.18. The summed E-state index contributed by atoms with van der Waals surface area (Å²) in [5, 5.41) is 4.29. The summed E-state index contributed by atoms with van der Waals surface area (Å²) in [7, 11) is 0. The van der Waals surface area contributed by atoms with Crippen LogP contribution in [0.4, 0.5) is 5.69 Å². The molecule has 0 N–H and O–H groups in total. The second-order valence-electron chi connectivity index (χ2n) is 17.0. The van der Waals surface area contributed by atoms with Gasteiger partial charge in [-0.2, -0.15) is 18.8 Å². The Morgan fingerprint density at radius 3 is 2.05 bits per heavy atom. The molecule has 0 unspecified atom stereocenters. The van der Waals surface area contributed by atoms with E-state index in [1.54, 1.807) is 0 Å². The number of hydrogen-bond acceptors (Lipinski definition) is 5. The number of benzene rings is 6. The van der Waals surface area contributed by atoms with E-state index in [4.69, 9.17) is 14.1 Å². The van der Waals surface area contributed by atoms with Gasteiger partial charge in [-0.25, -0.2) is 4.98 Å². The summed E-state index contributed by atoms with van der Waals surface area (Å²) < 4.78 is 15.3. The van der Waals surface area contributed by atoms with Crippen molar-refractivity contribution in [2.24, 2.45) is 0 Å². The minimum absolute atomic E-state index is 0. The predicted molar refractivity (Wildman–Crippen MR) is 237 cm³/mol. The summed E-state index contributed by atoms with van der Waals surface area (Å²) >= 11 is 0. The Balaban J connectivity index is 0.00000449. The number of rotatable bonds is 6. The third-order valence-electron chi connectivity index (χ3n) is 11.0. The quantitative estimate of drug-likeness (QED) is 0.155. The van der Waals surface area contributed by atoms with Crippen LogP contribution in [0.1, 0.15) is 58.2 Å². The number of fused-ring (bicyclic) bond motifs is 7. The van der Waals surface area contributed by atoms with Gasteiger partial charge in [0.15, 0.2) is 0 Å². The van der Waals surface area contributed by atoms with Crippen molar-refractivity contribution in [3.63, 3.8) is 0 Å². The van der Waals surface area contributed by atoms with Gasteiger partial charge in [-0.1, -0.05) is 105 Å². The number of ether oxygens (including phenoxy) is 1. The van der Waals surface area contributed by atoms with Gasteiger partial charge in [-0.05, 0) is 78.6 Å². The molecule has 0 atom stereocenters. The molecule has 0 spiro atoms. The molecule has 296 valence electrons. The fourth-order valence-electron chi connectivity index (χ4n) is 8.18. The van der Waals surface area contributed by atoms with Gasteiger partial charge in [0.25, 0.3) is 0 Å². The van der Waals surface area contributed by atoms with Crippen molar-refractivity contribution >= 4 is 60.8 Å². The molecule has 0 amide bonds. The zero-order chi connectivity index (χ0) is 39.8. The second kappa shape index (κ2) is 14.6. The molecule has 1 aliphatic rings. The van der Waals surface area contributed by atoms with Crippen LogP contribution in [-0.4, -0.2) is 20.0 Å². The number of anilines is 1. The molecular formula is C52H43N4O2Pt-3. The normalized spacial score (nSPS) is 13.6. The maximum atomic E-state index is 6.71. The average Bonchev–Trinajstić information content (AvgIpc) is 3.91. The molecule has 10 rings (SSSR count). The van der Waals surface area contributed by atoms with E-state index in [0.717, 1.165) is 77.8 Å². The fraction of sp³-hybridized carbons (Fsp3) is 0.154. The largest absolute Gasteiger partial charge is 0.509 e. The smallest absolute Gasteiger partial charge is 0.135 e. The summed E-state index contributed by atoms with van der Waals surface area (Å²) in [5.74, 6) is 1.99. The van der Waals surface area contributed by atoms with Crippen LogP contribution >= 0.6 is 0 Å². The molecule has 6 nitrogen and oxygen atoms in total. The van der Waals surface area contributed by atoms with E-state index < -0.39 is 0 Å². The zero-order valence-corrected chi connectivity index (χ0v) is 36.1. The van der Waals surface area contributed by atoms with E-state index in [2.05, 4.69) is 184 Å². The first-order valence-corrected chi connectivity index (χ1v) is 19.8. The number of aromatic nitrogens is 2. The zero-order valence-electron chi connectivity index (χ0n) is 33.9. The van der Waals surface area contributed by atoms with Crippen LogP contribution in [-0.2, 0) is 26.5 Å². The first kappa shape index (κ1) is 38.4. The summed E-state index contributed by atoms with van der Waals surface area (Å²) in [6.45, 7) is 15.6. The molecule has 0 aliphatic carbocycles. The topological polar surface area (TPSA) is 46.7 Å². The van der Waals surface area contributed by atoms with Crippen molar-refractivity contribution in [3.05, 3.63) is 181 Å². The SMILES string of the molecule is CC(C)(C)c1ccnc(-n2c3[c-]c(Oc4[c-]c(N5[CH-]N(C(C)(C)C)C(c6ccccc6)=C5c5ccccc5)ccc4)ccc3c3c4c(ccc32)oc2ccccc24)c1.[Pt]. The molecule has 1 aliphatic heterocycles. The Labute approximate surface area is 359 Å². The summed E-state index contributed by atoms with van der Waals surface area (Å²) in [6.07, 6.45) is 1.90. The van der Waals surface area contributed by atoms with Crippen molar-refractivity contribution in [1.82, 2.24) is 14.5 Å². The third kappa shape index (κ3) is 6.70. The van der Waals surface area contributed by atoms with Gasteiger partial charge >= 0.3 is 0 Å². The second-order valence-corrected chi connectivity index (χ2v) is 17.0. The van der Waals surface area contributed by atoms with E-state index in [1.165, 1.54) is 5.56 Å². The Bertz CT molecular complexity index is 3040. The minimum atomic E-state index is -0.202. The van der Waals surface area contributed by atoms with Crippen molar-refractivity contribution in [1.29, 1.82) is 0 Å². The van der Waals surface area contributed by atoms with Crippen LogP contribution in [0, 0.1) is 18.8 Å². The van der Waals surface area contributed by atoms with E-state index >= 15 is 0 Å². The molecule has 0 radical (unpaired) electrons. The molecule has 0 bridgehead atoms. The maximum absolute atomic E-state index is 6.71. The molecule has 0 saturated carbocycles. The Morgan fingerprint density at radius 2 is 1.32 bits per heavy atom. The van der Waals surface area contributed by atoms with Crippen molar-refractivity contribution in [2.45, 2.75) is 52.5 Å². The van der Waals surface area contributed by atoms with Crippen molar-refractivity contribution in [3.8, 4) is 17.3 Å². The number of furan rings is 1. The van der Waals surface area contributed by atoms with E-state index in [1.807, 2.05) is 36.5 Å². The van der Waals surface area contributed by atoms with Gasteiger partial charge in [0.05, 0.1) is 0 Å². The first-order chi connectivity index (χ1) is 28.0.